The van der Waals surface area contributed by atoms with Crippen molar-refractivity contribution in [3.05, 3.63) is 28.2 Å². The van der Waals surface area contributed by atoms with Gasteiger partial charge in [-0.1, -0.05) is 6.07 Å². The van der Waals surface area contributed by atoms with Gasteiger partial charge in [-0.2, -0.15) is 0 Å². The second kappa shape index (κ2) is 10.0. The summed E-state index contributed by atoms with van der Waals surface area (Å²) >= 11 is 3.43. The van der Waals surface area contributed by atoms with E-state index in [0.29, 0.717) is 19.4 Å². The van der Waals surface area contributed by atoms with Gasteiger partial charge >= 0.3 is 0 Å². The van der Waals surface area contributed by atoms with Crippen LogP contribution in [-0.2, 0) is 11.2 Å². The van der Waals surface area contributed by atoms with Gasteiger partial charge in [0.15, 0.2) is 0 Å². The van der Waals surface area contributed by atoms with Crippen LogP contribution < -0.4 is 15.8 Å². The van der Waals surface area contributed by atoms with Crippen molar-refractivity contribution in [2.75, 3.05) is 13.7 Å². The summed E-state index contributed by atoms with van der Waals surface area (Å²) in [5.41, 5.74) is 6.73. The monoisotopic (exact) mass is 364 g/mol. The molecule has 114 valence electrons. The lowest BCUT2D eigenvalue weighted by molar-refractivity contribution is -0.121. The lowest BCUT2D eigenvalue weighted by atomic mass is 10.1. The SMILES string of the molecule is COc1ccc(CCC(=O)NCCC(C)N)cc1Br.Cl. The van der Waals surface area contributed by atoms with E-state index in [1.54, 1.807) is 7.11 Å². The van der Waals surface area contributed by atoms with Crippen LogP contribution in [0.3, 0.4) is 0 Å². The van der Waals surface area contributed by atoms with Crippen LogP contribution in [0.5, 0.6) is 5.75 Å². The molecule has 0 aromatic heterocycles. The molecular formula is C14H22BrClN2O2. The maximum atomic E-state index is 11.6. The number of carbonyl (C=O) groups is 1. The predicted octanol–water partition coefficient (Wildman–Crippen LogP) is 2.67. The number of ether oxygens (including phenoxy) is 1. The largest absolute Gasteiger partial charge is 0.496 e. The molecule has 1 atom stereocenters. The second-order valence-corrected chi connectivity index (χ2v) is 5.44. The van der Waals surface area contributed by atoms with Crippen molar-refractivity contribution < 1.29 is 9.53 Å². The Kier molecular flexibility index (Phi) is 9.63. The van der Waals surface area contributed by atoms with Gasteiger partial charge in [0.25, 0.3) is 0 Å². The van der Waals surface area contributed by atoms with Crippen LogP contribution in [0.4, 0.5) is 0 Å². The van der Waals surface area contributed by atoms with Crippen LogP contribution in [0.1, 0.15) is 25.3 Å². The van der Waals surface area contributed by atoms with Crippen molar-refractivity contribution in [2.24, 2.45) is 5.73 Å². The molecule has 1 aromatic carbocycles. The minimum absolute atomic E-state index is 0. The van der Waals surface area contributed by atoms with E-state index in [9.17, 15) is 4.79 Å². The van der Waals surface area contributed by atoms with E-state index in [0.717, 1.165) is 22.2 Å². The molecule has 0 aliphatic rings. The average Bonchev–Trinajstić information content (AvgIpc) is 2.36. The highest BCUT2D eigenvalue weighted by Crippen LogP contribution is 2.25. The number of amides is 1. The quantitative estimate of drug-likeness (QED) is 0.781. The lowest BCUT2D eigenvalue weighted by Gasteiger charge is -2.08. The minimum Gasteiger partial charge on any atom is -0.496 e. The molecule has 1 rings (SSSR count). The molecule has 0 saturated heterocycles. The highest BCUT2D eigenvalue weighted by atomic mass is 79.9. The molecule has 6 heteroatoms. The molecule has 0 saturated carbocycles. The van der Waals surface area contributed by atoms with Crippen molar-refractivity contribution in [2.45, 2.75) is 32.2 Å². The van der Waals surface area contributed by atoms with Crippen LogP contribution in [0.25, 0.3) is 0 Å². The van der Waals surface area contributed by atoms with Crippen LogP contribution in [0.2, 0.25) is 0 Å². The molecule has 0 bridgehead atoms. The Bertz CT molecular complexity index is 428. The normalized spacial score (nSPS) is 11.4. The number of nitrogens with one attached hydrogen (secondary N) is 1. The van der Waals surface area contributed by atoms with Gasteiger partial charge in [0, 0.05) is 19.0 Å². The van der Waals surface area contributed by atoms with Gasteiger partial charge in [0.05, 0.1) is 11.6 Å². The molecule has 0 radical (unpaired) electrons. The van der Waals surface area contributed by atoms with E-state index in [2.05, 4.69) is 21.2 Å². The van der Waals surface area contributed by atoms with Crippen LogP contribution in [-0.4, -0.2) is 25.6 Å². The van der Waals surface area contributed by atoms with E-state index in [1.807, 2.05) is 25.1 Å². The van der Waals surface area contributed by atoms with Gasteiger partial charge in [-0.05, 0) is 53.4 Å². The highest BCUT2D eigenvalue weighted by molar-refractivity contribution is 9.10. The van der Waals surface area contributed by atoms with E-state index in [1.165, 1.54) is 0 Å². The number of benzene rings is 1. The van der Waals surface area contributed by atoms with Crippen LogP contribution in [0.15, 0.2) is 22.7 Å². The van der Waals surface area contributed by atoms with E-state index < -0.39 is 0 Å². The molecule has 20 heavy (non-hydrogen) atoms. The first-order valence-electron chi connectivity index (χ1n) is 6.37. The summed E-state index contributed by atoms with van der Waals surface area (Å²) in [7, 11) is 1.63. The van der Waals surface area contributed by atoms with Gasteiger partial charge in [0.2, 0.25) is 5.91 Å². The second-order valence-electron chi connectivity index (χ2n) is 4.58. The Labute approximate surface area is 135 Å². The summed E-state index contributed by atoms with van der Waals surface area (Å²) in [4.78, 5) is 11.6. The number of hydrogen-bond acceptors (Lipinski definition) is 3. The third-order valence-electron chi connectivity index (χ3n) is 2.78. The zero-order valence-corrected chi connectivity index (χ0v) is 14.2. The van der Waals surface area contributed by atoms with Crippen LogP contribution in [0, 0.1) is 0 Å². The fourth-order valence-corrected chi connectivity index (χ4v) is 2.24. The molecule has 1 aromatic rings. The Hall–Kier alpha value is -0.780. The predicted molar refractivity (Wildman–Crippen MR) is 87.5 cm³/mol. The van der Waals surface area contributed by atoms with Gasteiger partial charge in [-0.15, -0.1) is 12.4 Å². The van der Waals surface area contributed by atoms with Gasteiger partial charge in [-0.25, -0.2) is 0 Å². The summed E-state index contributed by atoms with van der Waals surface area (Å²) in [6.45, 7) is 2.57. The average molecular weight is 366 g/mol. The summed E-state index contributed by atoms with van der Waals surface area (Å²) in [5, 5.41) is 2.87. The number of aryl methyl sites for hydroxylation is 1. The zero-order chi connectivity index (χ0) is 14.3. The molecule has 0 fully saturated rings. The molecule has 1 amide bonds. The smallest absolute Gasteiger partial charge is 0.220 e. The molecule has 0 aliphatic heterocycles. The molecule has 0 spiro atoms. The van der Waals surface area contributed by atoms with Crippen LogP contribution >= 0.6 is 28.3 Å². The summed E-state index contributed by atoms with van der Waals surface area (Å²) in [6.07, 6.45) is 2.00. The fraction of sp³-hybridized carbons (Fsp3) is 0.500. The number of nitrogens with two attached hydrogens (primary N) is 1. The molecule has 1 unspecified atom stereocenters. The Morgan fingerprint density at radius 1 is 1.50 bits per heavy atom. The van der Waals surface area contributed by atoms with Crippen molar-refractivity contribution >= 4 is 34.2 Å². The van der Waals surface area contributed by atoms with E-state index >= 15 is 0 Å². The number of rotatable bonds is 7. The molecule has 0 aliphatic carbocycles. The number of hydrogen-bond donors (Lipinski definition) is 2. The molecule has 4 nitrogen and oxygen atoms in total. The topological polar surface area (TPSA) is 64.3 Å². The minimum atomic E-state index is 0. The summed E-state index contributed by atoms with van der Waals surface area (Å²) < 4.78 is 6.07. The zero-order valence-electron chi connectivity index (χ0n) is 11.8. The maximum Gasteiger partial charge on any atom is 0.220 e. The van der Waals surface area contributed by atoms with Crippen molar-refractivity contribution in [1.82, 2.24) is 5.32 Å². The Balaban J connectivity index is 0.00000361. The summed E-state index contributed by atoms with van der Waals surface area (Å²) in [6, 6.07) is 5.97. The van der Waals surface area contributed by atoms with Crippen molar-refractivity contribution in [3.8, 4) is 5.75 Å². The van der Waals surface area contributed by atoms with E-state index in [-0.39, 0.29) is 24.4 Å². The maximum absolute atomic E-state index is 11.6. The third-order valence-corrected chi connectivity index (χ3v) is 3.40. The Morgan fingerprint density at radius 3 is 2.75 bits per heavy atom. The van der Waals surface area contributed by atoms with Crippen molar-refractivity contribution in [1.29, 1.82) is 0 Å². The Morgan fingerprint density at radius 2 is 2.20 bits per heavy atom. The molecular weight excluding hydrogens is 344 g/mol. The first-order valence-corrected chi connectivity index (χ1v) is 7.17. The number of halogens is 2. The number of methoxy groups -OCH3 is 1. The first-order chi connectivity index (χ1) is 9.02. The lowest BCUT2D eigenvalue weighted by Crippen LogP contribution is -2.29. The van der Waals surface area contributed by atoms with Gasteiger partial charge in [0.1, 0.15) is 5.75 Å². The van der Waals surface area contributed by atoms with E-state index in [4.69, 9.17) is 10.5 Å². The van der Waals surface area contributed by atoms with Crippen molar-refractivity contribution in [3.63, 3.8) is 0 Å². The standard InChI is InChI=1S/C14H21BrN2O2.ClH/c1-10(16)7-8-17-14(18)6-4-11-3-5-13(19-2)12(15)9-11;/h3,5,9-10H,4,6-8,16H2,1-2H3,(H,17,18);1H. The third kappa shape index (κ3) is 7.12. The number of carbonyl (C=O) groups excluding carboxylic acids is 1. The van der Waals surface area contributed by atoms with Gasteiger partial charge in [-0.3, -0.25) is 4.79 Å². The van der Waals surface area contributed by atoms with Gasteiger partial charge < -0.3 is 15.8 Å². The first kappa shape index (κ1) is 19.2. The molecule has 3 N–H and O–H groups in total. The molecule has 0 heterocycles. The fourth-order valence-electron chi connectivity index (χ4n) is 1.65. The highest BCUT2D eigenvalue weighted by Gasteiger charge is 2.05. The summed E-state index contributed by atoms with van der Waals surface area (Å²) in [5.74, 6) is 0.859.